The van der Waals surface area contributed by atoms with Crippen LogP contribution in [0.2, 0.25) is 0 Å². The molecule has 0 aromatic heterocycles. The van der Waals surface area contributed by atoms with Gasteiger partial charge >= 0.3 is 0 Å². The van der Waals surface area contributed by atoms with Crippen LogP contribution in [0.4, 0.5) is 0 Å². The predicted molar refractivity (Wildman–Crippen MR) is 83.6 cm³/mol. The van der Waals surface area contributed by atoms with Crippen LogP contribution in [0.3, 0.4) is 0 Å². The molecular formula is C17H32N2O. The van der Waals surface area contributed by atoms with Crippen molar-refractivity contribution in [2.24, 2.45) is 17.3 Å². The minimum Gasteiger partial charge on any atom is -0.341 e. The molecule has 2 fully saturated rings. The van der Waals surface area contributed by atoms with Crippen LogP contribution >= 0.6 is 0 Å². The van der Waals surface area contributed by atoms with Gasteiger partial charge in [0.2, 0.25) is 5.91 Å². The van der Waals surface area contributed by atoms with E-state index >= 15 is 0 Å². The second-order valence-corrected chi connectivity index (χ2v) is 7.66. The van der Waals surface area contributed by atoms with Crippen molar-refractivity contribution in [3.05, 3.63) is 0 Å². The highest BCUT2D eigenvalue weighted by Crippen LogP contribution is 2.40. The summed E-state index contributed by atoms with van der Waals surface area (Å²) < 4.78 is 0. The Kier molecular flexibility index (Phi) is 5.11. The number of rotatable bonds is 5. The van der Waals surface area contributed by atoms with Gasteiger partial charge in [0.1, 0.15) is 0 Å². The Morgan fingerprint density at radius 1 is 1.15 bits per heavy atom. The molecule has 3 heteroatoms. The normalized spacial score (nSPS) is 23.9. The second-order valence-electron chi connectivity index (χ2n) is 7.66. The fourth-order valence-electron chi connectivity index (χ4n) is 3.55. The minimum atomic E-state index is 0.384. The summed E-state index contributed by atoms with van der Waals surface area (Å²) in [6.07, 6.45) is 4.42. The third-order valence-electron chi connectivity index (χ3n) is 5.17. The molecule has 20 heavy (non-hydrogen) atoms. The van der Waals surface area contributed by atoms with Crippen molar-refractivity contribution >= 4 is 5.91 Å². The largest absolute Gasteiger partial charge is 0.341 e. The third-order valence-corrected chi connectivity index (χ3v) is 5.17. The van der Waals surface area contributed by atoms with Gasteiger partial charge in [-0.3, -0.25) is 4.79 Å². The van der Waals surface area contributed by atoms with Crippen molar-refractivity contribution in [2.75, 3.05) is 32.7 Å². The van der Waals surface area contributed by atoms with Crippen LogP contribution in [-0.4, -0.2) is 48.4 Å². The summed E-state index contributed by atoms with van der Waals surface area (Å²) in [5.74, 6) is 1.68. The topological polar surface area (TPSA) is 23.6 Å². The van der Waals surface area contributed by atoms with Gasteiger partial charge in [0.15, 0.2) is 0 Å². The Bertz CT molecular complexity index is 324. The van der Waals surface area contributed by atoms with E-state index in [9.17, 15) is 4.79 Å². The van der Waals surface area contributed by atoms with Gasteiger partial charge in [-0.25, -0.2) is 0 Å². The smallest absolute Gasteiger partial charge is 0.222 e. The van der Waals surface area contributed by atoms with Crippen LogP contribution in [0.15, 0.2) is 0 Å². The average molecular weight is 280 g/mol. The Labute approximate surface area is 124 Å². The van der Waals surface area contributed by atoms with Crippen LogP contribution in [0.1, 0.15) is 53.4 Å². The maximum Gasteiger partial charge on any atom is 0.222 e. The predicted octanol–water partition coefficient (Wildman–Crippen LogP) is 3.00. The molecule has 0 saturated carbocycles. The summed E-state index contributed by atoms with van der Waals surface area (Å²) in [7, 11) is 0. The number of hydrogen-bond donors (Lipinski definition) is 0. The number of amides is 1. The molecule has 2 aliphatic rings. The number of nitrogens with zero attached hydrogens (tertiary/aromatic N) is 2. The van der Waals surface area contributed by atoms with Crippen molar-refractivity contribution in [3.8, 4) is 0 Å². The van der Waals surface area contributed by atoms with E-state index in [4.69, 9.17) is 0 Å². The van der Waals surface area contributed by atoms with Gasteiger partial charge in [-0.15, -0.1) is 0 Å². The van der Waals surface area contributed by atoms with Crippen LogP contribution < -0.4 is 0 Å². The summed E-state index contributed by atoms with van der Waals surface area (Å²) in [5.41, 5.74) is 0.471. The lowest BCUT2D eigenvalue weighted by Crippen LogP contribution is -2.62. The van der Waals surface area contributed by atoms with Gasteiger partial charge in [0, 0.05) is 31.5 Å². The standard InChI is InChI=1S/C17H32N2O/c1-5-15(4)10-16(20)19-12-17(13-19)6-8-18(9-7-17)11-14(2)3/h14-15H,5-13H2,1-4H3. The molecule has 1 amide bonds. The number of hydrogen-bond acceptors (Lipinski definition) is 2. The first kappa shape index (κ1) is 15.8. The van der Waals surface area contributed by atoms with Gasteiger partial charge in [-0.2, -0.15) is 0 Å². The van der Waals surface area contributed by atoms with Crippen LogP contribution in [0.25, 0.3) is 0 Å². The fourth-order valence-corrected chi connectivity index (χ4v) is 3.55. The number of likely N-dealkylation sites (tertiary alicyclic amines) is 2. The minimum absolute atomic E-state index is 0.384. The number of carbonyl (C=O) groups excluding carboxylic acids is 1. The lowest BCUT2D eigenvalue weighted by Gasteiger charge is -2.54. The monoisotopic (exact) mass is 280 g/mol. The van der Waals surface area contributed by atoms with E-state index in [2.05, 4.69) is 37.5 Å². The number of carbonyl (C=O) groups is 1. The van der Waals surface area contributed by atoms with Crippen LogP contribution in [0, 0.1) is 17.3 Å². The zero-order valence-electron chi connectivity index (χ0n) is 13.8. The zero-order valence-corrected chi connectivity index (χ0v) is 13.8. The fraction of sp³-hybridized carbons (Fsp3) is 0.941. The van der Waals surface area contributed by atoms with E-state index in [1.54, 1.807) is 0 Å². The van der Waals surface area contributed by atoms with E-state index in [0.29, 0.717) is 17.2 Å². The van der Waals surface area contributed by atoms with Crippen LogP contribution in [0.5, 0.6) is 0 Å². The number of piperidine rings is 1. The molecule has 0 bridgehead atoms. The Morgan fingerprint density at radius 2 is 1.75 bits per heavy atom. The molecular weight excluding hydrogens is 248 g/mol. The van der Waals surface area contributed by atoms with E-state index in [-0.39, 0.29) is 0 Å². The molecule has 116 valence electrons. The summed E-state index contributed by atoms with van der Waals surface area (Å²) in [6.45, 7) is 14.7. The highest BCUT2D eigenvalue weighted by Gasteiger charge is 2.46. The van der Waals surface area contributed by atoms with Gasteiger partial charge in [0.05, 0.1) is 0 Å². The van der Waals surface area contributed by atoms with Gasteiger partial charge < -0.3 is 9.80 Å². The van der Waals surface area contributed by atoms with Gasteiger partial charge in [-0.05, 0) is 37.8 Å². The molecule has 1 unspecified atom stereocenters. The van der Waals surface area contributed by atoms with Gasteiger partial charge in [-0.1, -0.05) is 34.1 Å². The van der Waals surface area contributed by atoms with Crippen molar-refractivity contribution < 1.29 is 4.79 Å². The molecule has 0 aliphatic carbocycles. The summed E-state index contributed by atoms with van der Waals surface area (Å²) in [5, 5.41) is 0. The summed E-state index contributed by atoms with van der Waals surface area (Å²) >= 11 is 0. The Hall–Kier alpha value is -0.570. The third kappa shape index (κ3) is 3.75. The van der Waals surface area contributed by atoms with Crippen molar-refractivity contribution in [1.29, 1.82) is 0 Å². The maximum atomic E-state index is 12.1. The highest BCUT2D eigenvalue weighted by atomic mass is 16.2. The lowest BCUT2D eigenvalue weighted by molar-refractivity contribution is -0.147. The molecule has 1 spiro atoms. The summed E-state index contributed by atoms with van der Waals surface area (Å²) in [4.78, 5) is 16.8. The Morgan fingerprint density at radius 3 is 2.25 bits per heavy atom. The van der Waals surface area contributed by atoms with E-state index < -0.39 is 0 Å². The molecule has 2 saturated heterocycles. The molecule has 2 heterocycles. The van der Waals surface area contributed by atoms with E-state index in [1.807, 2.05) is 0 Å². The molecule has 2 aliphatic heterocycles. The first-order valence-corrected chi connectivity index (χ1v) is 8.44. The molecule has 0 radical (unpaired) electrons. The van der Waals surface area contributed by atoms with Gasteiger partial charge in [0.25, 0.3) is 0 Å². The molecule has 0 aromatic rings. The maximum absolute atomic E-state index is 12.1. The second kappa shape index (κ2) is 6.46. The summed E-state index contributed by atoms with van der Waals surface area (Å²) in [6, 6.07) is 0. The van der Waals surface area contributed by atoms with E-state index in [1.165, 1.54) is 32.5 Å². The average Bonchev–Trinajstić information content (AvgIpc) is 2.36. The first-order chi connectivity index (χ1) is 9.44. The first-order valence-electron chi connectivity index (χ1n) is 8.44. The molecule has 1 atom stereocenters. The lowest BCUT2D eigenvalue weighted by atomic mass is 9.71. The zero-order chi connectivity index (χ0) is 14.8. The molecule has 0 aromatic carbocycles. The molecule has 2 rings (SSSR count). The van der Waals surface area contributed by atoms with Crippen molar-refractivity contribution in [2.45, 2.75) is 53.4 Å². The highest BCUT2D eigenvalue weighted by molar-refractivity contribution is 5.77. The van der Waals surface area contributed by atoms with Crippen molar-refractivity contribution in [1.82, 2.24) is 9.80 Å². The van der Waals surface area contributed by atoms with E-state index in [0.717, 1.165) is 31.8 Å². The Balaban J connectivity index is 1.72. The molecule has 0 N–H and O–H groups in total. The van der Waals surface area contributed by atoms with Crippen molar-refractivity contribution in [3.63, 3.8) is 0 Å². The SMILES string of the molecule is CCC(C)CC(=O)N1CC2(CCN(CC(C)C)CC2)C1. The molecule has 3 nitrogen and oxygen atoms in total. The van der Waals surface area contributed by atoms with Crippen LogP contribution in [-0.2, 0) is 4.79 Å². The quantitative estimate of drug-likeness (QED) is 0.773.